The number of methoxy groups -OCH3 is 1. The molecule has 40 heavy (non-hydrogen) atoms. The van der Waals surface area contributed by atoms with Gasteiger partial charge in [0, 0.05) is 25.3 Å². The first-order valence-corrected chi connectivity index (χ1v) is 15.4. The molecule has 0 aromatic heterocycles. The zero-order valence-electron chi connectivity index (χ0n) is 25.1. The van der Waals surface area contributed by atoms with Crippen LogP contribution in [0.1, 0.15) is 74.6 Å². The maximum Gasteiger partial charge on any atom is 0.119 e. The second-order valence-electron chi connectivity index (χ2n) is 12.4. The Kier molecular flexibility index (Phi) is 9.36. The highest BCUT2D eigenvalue weighted by Gasteiger charge is 2.37. The molecular formula is C36H48N2O2. The number of rotatable bonds is 10. The lowest BCUT2D eigenvalue weighted by molar-refractivity contribution is 0.214. The molecule has 0 bridgehead atoms. The lowest BCUT2D eigenvalue weighted by atomic mass is 9.64. The van der Waals surface area contributed by atoms with Crippen molar-refractivity contribution in [2.45, 2.75) is 71.8 Å². The lowest BCUT2D eigenvalue weighted by Crippen LogP contribution is -2.33. The molecule has 5 rings (SSSR count). The van der Waals surface area contributed by atoms with E-state index in [4.69, 9.17) is 9.47 Å². The van der Waals surface area contributed by atoms with E-state index in [0.29, 0.717) is 5.92 Å². The van der Waals surface area contributed by atoms with Crippen molar-refractivity contribution in [2.75, 3.05) is 44.8 Å². The summed E-state index contributed by atoms with van der Waals surface area (Å²) in [6.45, 7) is 13.2. The zero-order valence-corrected chi connectivity index (χ0v) is 25.1. The molecule has 214 valence electrons. The molecule has 2 aliphatic rings. The Morgan fingerprint density at radius 2 is 1.60 bits per heavy atom. The van der Waals surface area contributed by atoms with Crippen molar-refractivity contribution in [3.8, 4) is 11.5 Å². The highest BCUT2D eigenvalue weighted by Crippen LogP contribution is 2.48. The van der Waals surface area contributed by atoms with Crippen LogP contribution in [0, 0.1) is 5.41 Å². The van der Waals surface area contributed by atoms with Gasteiger partial charge < -0.3 is 14.4 Å². The fourth-order valence-corrected chi connectivity index (χ4v) is 6.74. The summed E-state index contributed by atoms with van der Waals surface area (Å²) in [5, 5.41) is 0. The van der Waals surface area contributed by atoms with Crippen molar-refractivity contribution < 1.29 is 9.47 Å². The average molecular weight is 541 g/mol. The molecule has 3 aromatic rings. The quantitative estimate of drug-likeness (QED) is 0.261. The Morgan fingerprint density at radius 3 is 2.33 bits per heavy atom. The summed E-state index contributed by atoms with van der Waals surface area (Å²) in [6.07, 6.45) is 7.52. The van der Waals surface area contributed by atoms with Gasteiger partial charge in [-0.15, -0.1) is 0 Å². The molecular weight excluding hydrogens is 492 g/mol. The standard InChI is InChI=1S/C36H48N2O2/c1-5-38(27-28-14-17-31(18-15-28)40-23-22-37-20-10-6-7-11-21-37)35-13-9-8-12-33(35)34-25-29-16-19-32(39-4)24-30(29)26-36(34,2)3/h8-9,12-19,24,34H,5-7,10-11,20-23,25-27H2,1-4H3. The van der Waals surface area contributed by atoms with Gasteiger partial charge in [0.25, 0.3) is 0 Å². The summed E-state index contributed by atoms with van der Waals surface area (Å²) in [5.41, 5.74) is 7.17. The molecule has 1 aliphatic carbocycles. The summed E-state index contributed by atoms with van der Waals surface area (Å²) in [6, 6.07) is 24.5. The molecule has 1 unspecified atom stereocenters. The molecule has 0 N–H and O–H groups in total. The Hall–Kier alpha value is -2.98. The summed E-state index contributed by atoms with van der Waals surface area (Å²) in [7, 11) is 1.76. The monoisotopic (exact) mass is 540 g/mol. The SMILES string of the molecule is CCN(Cc1ccc(OCCN2CCCCCC2)cc1)c1ccccc1C1Cc2ccc(OC)cc2CC1(C)C. The van der Waals surface area contributed by atoms with Gasteiger partial charge >= 0.3 is 0 Å². The van der Waals surface area contributed by atoms with Crippen molar-refractivity contribution in [3.05, 3.63) is 89.0 Å². The summed E-state index contributed by atoms with van der Waals surface area (Å²) >= 11 is 0. The fraction of sp³-hybridized carbons (Fsp3) is 0.500. The number of likely N-dealkylation sites (tertiary alicyclic amines) is 1. The van der Waals surface area contributed by atoms with Crippen molar-refractivity contribution in [1.82, 2.24) is 4.90 Å². The number of para-hydroxylation sites is 1. The van der Waals surface area contributed by atoms with Crippen LogP contribution in [0.3, 0.4) is 0 Å². The molecule has 0 amide bonds. The largest absolute Gasteiger partial charge is 0.497 e. The molecule has 1 atom stereocenters. The van der Waals surface area contributed by atoms with Crippen molar-refractivity contribution in [2.24, 2.45) is 5.41 Å². The molecule has 4 heteroatoms. The van der Waals surface area contributed by atoms with Crippen LogP contribution in [0.25, 0.3) is 0 Å². The minimum absolute atomic E-state index is 0.154. The molecule has 1 fully saturated rings. The van der Waals surface area contributed by atoms with E-state index >= 15 is 0 Å². The molecule has 0 radical (unpaired) electrons. The second kappa shape index (κ2) is 13.1. The lowest BCUT2D eigenvalue weighted by Gasteiger charge is -2.42. The smallest absolute Gasteiger partial charge is 0.119 e. The van der Waals surface area contributed by atoms with E-state index in [1.54, 1.807) is 7.11 Å². The van der Waals surface area contributed by atoms with Crippen LogP contribution in [-0.4, -0.2) is 44.8 Å². The average Bonchev–Trinajstić information content (AvgIpc) is 3.24. The minimum Gasteiger partial charge on any atom is -0.497 e. The van der Waals surface area contributed by atoms with E-state index in [1.807, 2.05) is 0 Å². The van der Waals surface area contributed by atoms with Crippen LogP contribution in [0.5, 0.6) is 11.5 Å². The highest BCUT2D eigenvalue weighted by atomic mass is 16.5. The number of nitrogens with zero attached hydrogens (tertiary/aromatic N) is 2. The highest BCUT2D eigenvalue weighted by molar-refractivity contribution is 5.57. The first kappa shape index (κ1) is 28.5. The van der Waals surface area contributed by atoms with Gasteiger partial charge in [-0.2, -0.15) is 0 Å². The van der Waals surface area contributed by atoms with Crippen LogP contribution in [0.2, 0.25) is 0 Å². The van der Waals surface area contributed by atoms with Gasteiger partial charge in [0.1, 0.15) is 18.1 Å². The summed E-state index contributed by atoms with van der Waals surface area (Å²) in [5.74, 6) is 2.39. The topological polar surface area (TPSA) is 24.9 Å². The third kappa shape index (κ3) is 6.83. The zero-order chi connectivity index (χ0) is 28.0. The maximum atomic E-state index is 6.12. The molecule has 4 nitrogen and oxygen atoms in total. The van der Waals surface area contributed by atoms with Gasteiger partial charge in [0.05, 0.1) is 7.11 Å². The van der Waals surface area contributed by atoms with E-state index in [-0.39, 0.29) is 5.41 Å². The fourth-order valence-electron chi connectivity index (χ4n) is 6.74. The molecule has 0 spiro atoms. The number of anilines is 1. The first-order valence-electron chi connectivity index (χ1n) is 15.4. The van der Waals surface area contributed by atoms with Gasteiger partial charge in [-0.1, -0.05) is 63.1 Å². The van der Waals surface area contributed by atoms with Crippen LogP contribution >= 0.6 is 0 Å². The van der Waals surface area contributed by atoms with Crippen LogP contribution in [0.4, 0.5) is 5.69 Å². The van der Waals surface area contributed by atoms with E-state index in [2.05, 4.69) is 97.3 Å². The maximum absolute atomic E-state index is 6.12. The van der Waals surface area contributed by atoms with Crippen molar-refractivity contribution in [3.63, 3.8) is 0 Å². The first-order chi connectivity index (χ1) is 19.5. The van der Waals surface area contributed by atoms with E-state index < -0.39 is 0 Å². The third-order valence-corrected chi connectivity index (χ3v) is 9.13. The number of hydrogen-bond acceptors (Lipinski definition) is 4. The molecule has 1 heterocycles. The van der Waals surface area contributed by atoms with Gasteiger partial charge in [-0.25, -0.2) is 0 Å². The van der Waals surface area contributed by atoms with Crippen LogP contribution < -0.4 is 14.4 Å². The van der Waals surface area contributed by atoms with Gasteiger partial charge in [-0.3, -0.25) is 4.90 Å². The van der Waals surface area contributed by atoms with Crippen molar-refractivity contribution >= 4 is 5.69 Å². The van der Waals surface area contributed by atoms with Crippen LogP contribution in [-0.2, 0) is 19.4 Å². The summed E-state index contributed by atoms with van der Waals surface area (Å²) < 4.78 is 11.6. The normalized spacial score (nSPS) is 18.9. The van der Waals surface area contributed by atoms with Crippen molar-refractivity contribution in [1.29, 1.82) is 0 Å². The van der Waals surface area contributed by atoms with Crippen LogP contribution in [0.15, 0.2) is 66.7 Å². The Morgan fingerprint density at radius 1 is 0.875 bits per heavy atom. The number of ether oxygens (including phenoxy) is 2. The third-order valence-electron chi connectivity index (χ3n) is 9.13. The molecule has 3 aromatic carbocycles. The predicted octanol–water partition coefficient (Wildman–Crippen LogP) is 7.89. The molecule has 0 saturated carbocycles. The second-order valence-corrected chi connectivity index (χ2v) is 12.4. The molecule has 1 aliphatic heterocycles. The van der Waals surface area contributed by atoms with Gasteiger partial charge in [0.15, 0.2) is 0 Å². The number of hydrogen-bond donors (Lipinski definition) is 0. The van der Waals surface area contributed by atoms with Gasteiger partial charge in [0.2, 0.25) is 0 Å². The predicted molar refractivity (Wildman–Crippen MR) is 167 cm³/mol. The Balaban J connectivity index is 1.26. The summed E-state index contributed by atoms with van der Waals surface area (Å²) in [4.78, 5) is 5.09. The number of fused-ring (bicyclic) bond motifs is 1. The van der Waals surface area contributed by atoms with Gasteiger partial charge in [-0.05, 0) is 110 Å². The van der Waals surface area contributed by atoms with E-state index in [1.165, 1.54) is 66.7 Å². The Labute approximate surface area is 242 Å². The minimum atomic E-state index is 0.154. The molecule has 1 saturated heterocycles. The van der Waals surface area contributed by atoms with E-state index in [9.17, 15) is 0 Å². The number of benzene rings is 3. The van der Waals surface area contributed by atoms with E-state index in [0.717, 1.165) is 50.6 Å². The Bertz CT molecular complexity index is 1230.